The standard InChI is InChI=1S/C14H18F2N2O/c1-14(2,7-17)18-13(19)11-6-10(11)9-4-3-8(15)5-12(9)16/h3-5,10-11H,6-7,17H2,1-2H3,(H,18,19). The summed E-state index contributed by atoms with van der Waals surface area (Å²) in [4.78, 5) is 12.0. The molecule has 1 amide bonds. The molecule has 0 aliphatic heterocycles. The second kappa shape index (κ2) is 4.89. The lowest BCUT2D eigenvalue weighted by molar-refractivity contribution is -0.123. The van der Waals surface area contributed by atoms with Crippen molar-refractivity contribution in [2.24, 2.45) is 11.7 Å². The fourth-order valence-electron chi connectivity index (χ4n) is 2.11. The maximum Gasteiger partial charge on any atom is 0.224 e. The number of benzene rings is 1. The molecule has 2 atom stereocenters. The highest BCUT2D eigenvalue weighted by Gasteiger charge is 2.46. The summed E-state index contributed by atoms with van der Waals surface area (Å²) in [5.74, 6) is -1.71. The molecule has 1 aliphatic rings. The summed E-state index contributed by atoms with van der Waals surface area (Å²) in [7, 11) is 0. The minimum atomic E-state index is -0.604. The van der Waals surface area contributed by atoms with Crippen molar-refractivity contribution in [1.82, 2.24) is 5.32 Å². The SMILES string of the molecule is CC(C)(CN)NC(=O)C1CC1c1ccc(F)cc1F. The van der Waals surface area contributed by atoms with Crippen molar-refractivity contribution >= 4 is 5.91 Å². The van der Waals surface area contributed by atoms with Gasteiger partial charge in [0, 0.05) is 24.1 Å². The van der Waals surface area contributed by atoms with Crippen molar-refractivity contribution < 1.29 is 13.6 Å². The van der Waals surface area contributed by atoms with Crippen LogP contribution in [0.5, 0.6) is 0 Å². The molecule has 1 fully saturated rings. The Morgan fingerprint density at radius 3 is 2.74 bits per heavy atom. The highest BCUT2D eigenvalue weighted by atomic mass is 19.1. The van der Waals surface area contributed by atoms with Crippen LogP contribution in [0.25, 0.3) is 0 Å². The normalized spacial score (nSPS) is 22.2. The van der Waals surface area contributed by atoms with E-state index in [4.69, 9.17) is 5.73 Å². The van der Waals surface area contributed by atoms with Crippen LogP contribution < -0.4 is 11.1 Å². The third-order valence-corrected chi connectivity index (χ3v) is 3.46. The number of rotatable bonds is 4. The van der Waals surface area contributed by atoms with Crippen LogP contribution in [0.2, 0.25) is 0 Å². The van der Waals surface area contributed by atoms with Gasteiger partial charge < -0.3 is 11.1 Å². The molecule has 0 radical (unpaired) electrons. The molecule has 2 unspecified atom stereocenters. The third-order valence-electron chi connectivity index (χ3n) is 3.46. The average Bonchev–Trinajstić information content (AvgIpc) is 3.08. The number of nitrogens with two attached hydrogens (primary N) is 1. The summed E-state index contributed by atoms with van der Waals surface area (Å²) in [6.07, 6.45) is 0.592. The number of amides is 1. The van der Waals surface area contributed by atoms with Gasteiger partial charge in [-0.25, -0.2) is 8.78 Å². The summed E-state index contributed by atoms with van der Waals surface area (Å²) in [5.41, 5.74) is 5.49. The van der Waals surface area contributed by atoms with Gasteiger partial charge in [0.05, 0.1) is 0 Å². The van der Waals surface area contributed by atoms with Crippen molar-refractivity contribution in [3.05, 3.63) is 35.4 Å². The minimum Gasteiger partial charge on any atom is -0.350 e. The fourth-order valence-corrected chi connectivity index (χ4v) is 2.11. The Morgan fingerprint density at radius 1 is 1.47 bits per heavy atom. The number of carbonyl (C=O) groups is 1. The minimum absolute atomic E-state index is 0.121. The Balaban J connectivity index is 2.03. The molecular formula is C14H18F2N2O. The molecule has 3 N–H and O–H groups in total. The van der Waals surface area contributed by atoms with E-state index < -0.39 is 17.2 Å². The molecule has 5 heteroatoms. The highest BCUT2D eigenvalue weighted by Crippen LogP contribution is 2.48. The van der Waals surface area contributed by atoms with Gasteiger partial charge in [0.2, 0.25) is 5.91 Å². The summed E-state index contributed by atoms with van der Waals surface area (Å²) in [6, 6.07) is 3.48. The van der Waals surface area contributed by atoms with Crippen LogP contribution in [0, 0.1) is 17.6 Å². The molecule has 3 nitrogen and oxygen atoms in total. The molecule has 1 saturated carbocycles. The van der Waals surface area contributed by atoms with Crippen molar-refractivity contribution in [2.75, 3.05) is 6.54 Å². The molecule has 0 bridgehead atoms. The largest absolute Gasteiger partial charge is 0.350 e. The van der Waals surface area contributed by atoms with Crippen LogP contribution in [0.15, 0.2) is 18.2 Å². The molecule has 1 aliphatic carbocycles. The Labute approximate surface area is 111 Å². The summed E-state index contributed by atoms with van der Waals surface area (Å²) in [5, 5.41) is 2.84. The van der Waals surface area contributed by atoms with E-state index in [0.717, 1.165) is 6.07 Å². The Morgan fingerprint density at radius 2 is 2.16 bits per heavy atom. The summed E-state index contributed by atoms with van der Waals surface area (Å²) < 4.78 is 26.4. The molecular weight excluding hydrogens is 250 g/mol. The zero-order chi connectivity index (χ0) is 14.2. The first kappa shape index (κ1) is 13.9. The van der Waals surface area contributed by atoms with Gasteiger partial charge in [-0.05, 0) is 37.8 Å². The molecule has 19 heavy (non-hydrogen) atoms. The lowest BCUT2D eigenvalue weighted by atomic mass is 10.0. The van der Waals surface area contributed by atoms with Gasteiger partial charge in [-0.15, -0.1) is 0 Å². The summed E-state index contributed by atoms with van der Waals surface area (Å²) in [6.45, 7) is 4.00. The van der Waals surface area contributed by atoms with E-state index in [1.165, 1.54) is 12.1 Å². The topological polar surface area (TPSA) is 55.1 Å². The average molecular weight is 268 g/mol. The van der Waals surface area contributed by atoms with Crippen LogP contribution >= 0.6 is 0 Å². The maximum absolute atomic E-state index is 13.6. The van der Waals surface area contributed by atoms with E-state index in [-0.39, 0.29) is 17.7 Å². The van der Waals surface area contributed by atoms with Gasteiger partial charge >= 0.3 is 0 Å². The van der Waals surface area contributed by atoms with Crippen LogP contribution in [0.3, 0.4) is 0 Å². The summed E-state index contributed by atoms with van der Waals surface area (Å²) >= 11 is 0. The molecule has 1 aromatic carbocycles. The smallest absolute Gasteiger partial charge is 0.224 e. The number of halogens is 2. The number of hydrogen-bond donors (Lipinski definition) is 2. The van der Waals surface area contributed by atoms with Crippen LogP contribution in [0.4, 0.5) is 8.78 Å². The van der Waals surface area contributed by atoms with Gasteiger partial charge in [0.1, 0.15) is 11.6 Å². The van der Waals surface area contributed by atoms with E-state index in [0.29, 0.717) is 18.5 Å². The Bertz CT molecular complexity index is 502. The van der Waals surface area contributed by atoms with E-state index in [1.54, 1.807) is 0 Å². The Hall–Kier alpha value is -1.49. The van der Waals surface area contributed by atoms with Crippen molar-refractivity contribution in [3.8, 4) is 0 Å². The molecule has 104 valence electrons. The zero-order valence-electron chi connectivity index (χ0n) is 11.0. The fraction of sp³-hybridized carbons (Fsp3) is 0.500. The van der Waals surface area contributed by atoms with E-state index in [2.05, 4.69) is 5.32 Å². The van der Waals surface area contributed by atoms with Crippen LogP contribution in [-0.2, 0) is 4.79 Å². The molecule has 1 aromatic rings. The first-order valence-electron chi connectivity index (χ1n) is 6.31. The number of nitrogens with one attached hydrogen (secondary N) is 1. The van der Waals surface area contributed by atoms with E-state index in [1.807, 2.05) is 13.8 Å². The molecule has 0 aromatic heterocycles. The Kier molecular flexibility index (Phi) is 3.58. The quantitative estimate of drug-likeness (QED) is 0.876. The van der Waals surface area contributed by atoms with Gasteiger partial charge in [0.15, 0.2) is 0 Å². The monoisotopic (exact) mass is 268 g/mol. The van der Waals surface area contributed by atoms with Crippen molar-refractivity contribution in [3.63, 3.8) is 0 Å². The number of carbonyl (C=O) groups excluding carboxylic acids is 1. The van der Waals surface area contributed by atoms with E-state index >= 15 is 0 Å². The zero-order valence-corrected chi connectivity index (χ0v) is 11.0. The van der Waals surface area contributed by atoms with Crippen molar-refractivity contribution in [1.29, 1.82) is 0 Å². The first-order valence-corrected chi connectivity index (χ1v) is 6.31. The van der Waals surface area contributed by atoms with Gasteiger partial charge in [0.25, 0.3) is 0 Å². The lowest BCUT2D eigenvalue weighted by Gasteiger charge is -2.24. The molecule has 0 spiro atoms. The number of hydrogen-bond acceptors (Lipinski definition) is 2. The van der Waals surface area contributed by atoms with Crippen molar-refractivity contribution in [2.45, 2.75) is 31.7 Å². The molecule has 0 heterocycles. The lowest BCUT2D eigenvalue weighted by Crippen LogP contribution is -2.49. The highest BCUT2D eigenvalue weighted by molar-refractivity contribution is 5.83. The predicted molar refractivity (Wildman–Crippen MR) is 68.5 cm³/mol. The van der Waals surface area contributed by atoms with Gasteiger partial charge in [-0.2, -0.15) is 0 Å². The van der Waals surface area contributed by atoms with Crippen LogP contribution in [0.1, 0.15) is 31.7 Å². The molecule has 0 saturated heterocycles. The molecule has 2 rings (SSSR count). The third kappa shape index (κ3) is 3.10. The van der Waals surface area contributed by atoms with Gasteiger partial charge in [-0.3, -0.25) is 4.79 Å². The van der Waals surface area contributed by atoms with Gasteiger partial charge in [-0.1, -0.05) is 6.07 Å². The van der Waals surface area contributed by atoms with E-state index in [9.17, 15) is 13.6 Å². The van der Waals surface area contributed by atoms with Crippen LogP contribution in [-0.4, -0.2) is 18.0 Å². The maximum atomic E-state index is 13.6. The second-order valence-corrected chi connectivity index (χ2v) is 5.69. The first-order chi connectivity index (χ1) is 8.84. The second-order valence-electron chi connectivity index (χ2n) is 5.69. The predicted octanol–water partition coefficient (Wildman–Crippen LogP) is 1.92.